The van der Waals surface area contributed by atoms with E-state index >= 15 is 0 Å². The zero-order chi connectivity index (χ0) is 12.1. The zero-order valence-corrected chi connectivity index (χ0v) is 10.3. The fourth-order valence-electron chi connectivity index (χ4n) is 0.763. The Hall–Kier alpha value is -0.660. The molecule has 0 saturated carbocycles. The molecule has 1 N–H and O–H groups in total. The van der Waals surface area contributed by atoms with Crippen molar-refractivity contribution < 1.29 is 17.9 Å². The van der Waals surface area contributed by atoms with Crippen molar-refractivity contribution in [3.63, 3.8) is 0 Å². The molecular weight excluding hydrogens is 220 g/mol. The summed E-state index contributed by atoms with van der Waals surface area (Å²) in [7, 11) is -0.750. The number of methoxy groups -OCH3 is 1. The summed E-state index contributed by atoms with van der Waals surface area (Å²) in [4.78, 5) is 10.7. The highest BCUT2D eigenvalue weighted by atomic mass is 32.2. The number of hydrogen-bond acceptors (Lipinski definition) is 4. The van der Waals surface area contributed by atoms with Crippen LogP contribution < -0.4 is 4.72 Å². The molecule has 0 aromatic carbocycles. The van der Waals surface area contributed by atoms with Gasteiger partial charge in [0, 0.05) is 19.6 Å². The summed E-state index contributed by atoms with van der Waals surface area (Å²) in [5.74, 6) is -0.440. The molecule has 0 bridgehead atoms. The Kier molecular flexibility index (Phi) is 5.77. The fourth-order valence-corrected chi connectivity index (χ4v) is 1.88. The van der Waals surface area contributed by atoms with Gasteiger partial charge in [0.25, 0.3) is 10.2 Å². The highest BCUT2D eigenvalue weighted by Crippen LogP contribution is 2.00. The van der Waals surface area contributed by atoms with Crippen LogP contribution in [0.15, 0.2) is 0 Å². The van der Waals surface area contributed by atoms with Crippen molar-refractivity contribution >= 4 is 16.2 Å². The molecule has 0 aromatic rings. The Balaban J connectivity index is 4.11. The van der Waals surface area contributed by atoms with Crippen molar-refractivity contribution in [1.29, 1.82) is 0 Å². The number of esters is 1. The van der Waals surface area contributed by atoms with E-state index in [0.717, 1.165) is 0 Å². The number of carbonyl (C=O) groups is 1. The minimum atomic E-state index is -3.49. The minimum Gasteiger partial charge on any atom is -0.469 e. The van der Waals surface area contributed by atoms with Crippen LogP contribution in [0.1, 0.15) is 20.3 Å². The van der Waals surface area contributed by atoms with Gasteiger partial charge in [-0.25, -0.2) is 4.72 Å². The van der Waals surface area contributed by atoms with E-state index in [1.54, 1.807) is 13.8 Å². The number of nitrogens with one attached hydrogen (secondary N) is 1. The van der Waals surface area contributed by atoms with Crippen LogP contribution >= 0.6 is 0 Å². The summed E-state index contributed by atoms with van der Waals surface area (Å²) in [6.45, 7) is 3.57. The first kappa shape index (κ1) is 14.3. The average molecular weight is 238 g/mol. The number of nitrogens with zero attached hydrogens (tertiary/aromatic N) is 1. The van der Waals surface area contributed by atoms with Gasteiger partial charge in [-0.1, -0.05) is 0 Å². The van der Waals surface area contributed by atoms with E-state index in [1.807, 2.05) is 0 Å². The van der Waals surface area contributed by atoms with Crippen LogP contribution in [0.2, 0.25) is 0 Å². The molecule has 0 spiro atoms. The van der Waals surface area contributed by atoms with Crippen LogP contribution in [-0.2, 0) is 19.7 Å². The molecule has 0 atom stereocenters. The van der Waals surface area contributed by atoms with Crippen molar-refractivity contribution in [2.75, 3.05) is 20.7 Å². The summed E-state index contributed by atoms with van der Waals surface area (Å²) in [6.07, 6.45) is 0.0294. The standard InChI is InChI=1S/C8H18N2O4S/c1-7(2)10(3)15(12,13)9-6-5-8(11)14-4/h7,9H,5-6H2,1-4H3. The monoisotopic (exact) mass is 238 g/mol. The summed E-state index contributed by atoms with van der Waals surface area (Å²) in [5, 5.41) is 0. The van der Waals surface area contributed by atoms with E-state index in [1.165, 1.54) is 18.5 Å². The summed E-state index contributed by atoms with van der Waals surface area (Å²) in [6, 6.07) is -0.124. The van der Waals surface area contributed by atoms with E-state index in [9.17, 15) is 13.2 Å². The first-order chi connectivity index (χ1) is 6.81. The maximum atomic E-state index is 11.5. The van der Waals surface area contributed by atoms with Gasteiger partial charge >= 0.3 is 5.97 Å². The van der Waals surface area contributed by atoms with E-state index in [-0.39, 0.29) is 19.0 Å². The number of hydrogen-bond donors (Lipinski definition) is 1. The van der Waals surface area contributed by atoms with Crippen LogP contribution in [0.3, 0.4) is 0 Å². The second kappa shape index (κ2) is 6.04. The normalized spacial score (nSPS) is 12.1. The van der Waals surface area contributed by atoms with Gasteiger partial charge in [-0.05, 0) is 13.8 Å². The highest BCUT2D eigenvalue weighted by Gasteiger charge is 2.19. The lowest BCUT2D eigenvalue weighted by Crippen LogP contribution is -2.42. The molecule has 0 fully saturated rings. The van der Waals surface area contributed by atoms with Crippen molar-refractivity contribution in [2.45, 2.75) is 26.3 Å². The van der Waals surface area contributed by atoms with E-state index in [0.29, 0.717) is 0 Å². The molecule has 0 saturated heterocycles. The molecule has 0 rings (SSSR count). The second-order valence-electron chi connectivity index (χ2n) is 3.34. The van der Waals surface area contributed by atoms with Gasteiger partial charge in [0.05, 0.1) is 13.5 Å². The Morgan fingerprint density at radius 1 is 1.47 bits per heavy atom. The SMILES string of the molecule is COC(=O)CCNS(=O)(=O)N(C)C(C)C. The topological polar surface area (TPSA) is 75.7 Å². The van der Waals surface area contributed by atoms with Gasteiger partial charge in [-0.3, -0.25) is 4.79 Å². The Labute approximate surface area is 90.8 Å². The Morgan fingerprint density at radius 3 is 2.40 bits per heavy atom. The summed E-state index contributed by atoms with van der Waals surface area (Å²) >= 11 is 0. The molecule has 0 radical (unpaired) electrons. The van der Waals surface area contributed by atoms with Gasteiger partial charge < -0.3 is 4.74 Å². The molecule has 0 unspecified atom stereocenters. The summed E-state index contributed by atoms with van der Waals surface area (Å²) < 4.78 is 30.9. The second-order valence-corrected chi connectivity index (χ2v) is 5.15. The lowest BCUT2D eigenvalue weighted by Gasteiger charge is -2.20. The van der Waals surface area contributed by atoms with E-state index in [2.05, 4.69) is 9.46 Å². The molecule has 0 aromatic heterocycles. The predicted molar refractivity (Wildman–Crippen MR) is 56.5 cm³/mol. The van der Waals surface area contributed by atoms with Gasteiger partial charge in [0.15, 0.2) is 0 Å². The number of carbonyl (C=O) groups excluding carboxylic acids is 1. The summed E-state index contributed by atoms with van der Waals surface area (Å²) in [5.41, 5.74) is 0. The number of rotatable bonds is 6. The molecule has 0 heterocycles. The maximum Gasteiger partial charge on any atom is 0.306 e. The quantitative estimate of drug-likeness (QED) is 0.646. The average Bonchev–Trinajstić information content (AvgIpc) is 2.15. The zero-order valence-electron chi connectivity index (χ0n) is 9.48. The van der Waals surface area contributed by atoms with Crippen LogP contribution in [-0.4, -0.2) is 45.4 Å². The third-order valence-electron chi connectivity index (χ3n) is 1.95. The molecule has 0 aliphatic rings. The van der Waals surface area contributed by atoms with Crippen LogP contribution in [0.4, 0.5) is 0 Å². The van der Waals surface area contributed by atoms with Crippen molar-refractivity contribution in [1.82, 2.24) is 9.03 Å². The molecule has 7 heteroatoms. The largest absolute Gasteiger partial charge is 0.469 e. The molecular formula is C8H18N2O4S. The van der Waals surface area contributed by atoms with Crippen LogP contribution in [0.5, 0.6) is 0 Å². The Bertz CT molecular complexity index is 300. The third kappa shape index (κ3) is 5.10. The fraction of sp³-hybridized carbons (Fsp3) is 0.875. The third-order valence-corrected chi connectivity index (χ3v) is 3.70. The minimum absolute atomic E-state index is 0.0294. The lowest BCUT2D eigenvalue weighted by atomic mass is 10.4. The lowest BCUT2D eigenvalue weighted by molar-refractivity contribution is -0.140. The first-order valence-electron chi connectivity index (χ1n) is 4.60. The number of ether oxygens (including phenoxy) is 1. The van der Waals surface area contributed by atoms with Crippen molar-refractivity contribution in [3.8, 4) is 0 Å². The maximum absolute atomic E-state index is 11.5. The van der Waals surface area contributed by atoms with Crippen LogP contribution in [0, 0.1) is 0 Å². The molecule has 0 amide bonds. The van der Waals surface area contributed by atoms with Gasteiger partial charge in [-0.15, -0.1) is 0 Å². The van der Waals surface area contributed by atoms with Crippen LogP contribution in [0.25, 0.3) is 0 Å². The van der Waals surface area contributed by atoms with Crippen molar-refractivity contribution in [3.05, 3.63) is 0 Å². The van der Waals surface area contributed by atoms with Gasteiger partial charge in [0.1, 0.15) is 0 Å². The Morgan fingerprint density at radius 2 is 2.00 bits per heavy atom. The predicted octanol–water partition coefficient (Wildman–Crippen LogP) is -0.276. The van der Waals surface area contributed by atoms with Crippen molar-refractivity contribution in [2.24, 2.45) is 0 Å². The molecule has 6 nitrogen and oxygen atoms in total. The highest BCUT2D eigenvalue weighted by molar-refractivity contribution is 7.87. The molecule has 0 aliphatic heterocycles. The molecule has 0 aliphatic carbocycles. The smallest absolute Gasteiger partial charge is 0.306 e. The van der Waals surface area contributed by atoms with E-state index in [4.69, 9.17) is 0 Å². The van der Waals surface area contributed by atoms with Gasteiger partial charge in [0.2, 0.25) is 0 Å². The first-order valence-corrected chi connectivity index (χ1v) is 6.04. The molecule has 15 heavy (non-hydrogen) atoms. The van der Waals surface area contributed by atoms with Gasteiger partial charge in [-0.2, -0.15) is 12.7 Å². The molecule has 90 valence electrons. The van der Waals surface area contributed by atoms with E-state index < -0.39 is 16.2 Å².